The Bertz CT molecular complexity index is 1090. The predicted molar refractivity (Wildman–Crippen MR) is 105 cm³/mol. The molecule has 0 fully saturated rings. The van der Waals surface area contributed by atoms with Gasteiger partial charge in [-0.15, -0.1) is 0 Å². The van der Waals surface area contributed by atoms with Gasteiger partial charge in [-0.2, -0.15) is 0 Å². The highest BCUT2D eigenvalue weighted by molar-refractivity contribution is 5.97. The van der Waals surface area contributed by atoms with Gasteiger partial charge in [-0.3, -0.25) is 9.36 Å². The molecule has 0 aliphatic carbocycles. The van der Waals surface area contributed by atoms with Crippen LogP contribution in [0.5, 0.6) is 5.75 Å². The number of para-hydroxylation sites is 2. The molecule has 0 radical (unpaired) electrons. The molecule has 1 aromatic heterocycles. The summed E-state index contributed by atoms with van der Waals surface area (Å²) >= 11 is 0. The zero-order chi connectivity index (χ0) is 18.6. The highest BCUT2D eigenvalue weighted by Gasteiger charge is 2.11. The second kappa shape index (κ2) is 7.33. The molecule has 4 aromatic rings. The van der Waals surface area contributed by atoms with Crippen molar-refractivity contribution in [2.45, 2.75) is 6.54 Å². The molecule has 1 heterocycles. The predicted octanol–water partition coefficient (Wildman–Crippen LogP) is 3.96. The molecular formula is C22H19N3O2. The lowest BCUT2D eigenvalue weighted by Gasteiger charge is -2.10. The number of ether oxygens (including phenoxy) is 1. The first kappa shape index (κ1) is 16.8. The van der Waals surface area contributed by atoms with Gasteiger partial charge in [0, 0.05) is 23.4 Å². The number of fused-ring (bicyclic) bond motifs is 1. The fraction of sp³-hybridized carbons (Fsp3) is 0.0909. The first-order valence-electron chi connectivity index (χ1n) is 8.69. The fourth-order valence-corrected chi connectivity index (χ4v) is 3.07. The summed E-state index contributed by atoms with van der Waals surface area (Å²) in [5, 5.41) is 2.94. The molecular weight excluding hydrogens is 338 g/mol. The van der Waals surface area contributed by atoms with Crippen LogP contribution in [0.15, 0.2) is 79.1 Å². The standard InChI is InChI=1S/C22H19N3O2/c1-27-21-10-6-5-7-17(21)14-23-22(26)16-11-12-20-19(13-16)24-15-25(20)18-8-3-2-4-9-18/h2-13,15H,14H2,1H3,(H,23,26). The maximum atomic E-state index is 12.6. The third-order valence-electron chi connectivity index (χ3n) is 4.48. The zero-order valence-corrected chi connectivity index (χ0v) is 14.9. The van der Waals surface area contributed by atoms with Crippen molar-refractivity contribution < 1.29 is 9.53 Å². The van der Waals surface area contributed by atoms with Gasteiger partial charge >= 0.3 is 0 Å². The number of nitrogens with one attached hydrogen (secondary N) is 1. The number of amides is 1. The number of imidazole rings is 1. The van der Waals surface area contributed by atoms with Crippen molar-refractivity contribution in [2.24, 2.45) is 0 Å². The summed E-state index contributed by atoms with van der Waals surface area (Å²) in [7, 11) is 1.62. The first-order valence-corrected chi connectivity index (χ1v) is 8.69. The van der Waals surface area contributed by atoms with Crippen LogP contribution < -0.4 is 10.1 Å². The Morgan fingerprint density at radius 3 is 2.63 bits per heavy atom. The minimum atomic E-state index is -0.142. The van der Waals surface area contributed by atoms with Crippen LogP contribution >= 0.6 is 0 Å². The van der Waals surface area contributed by atoms with E-state index in [0.717, 1.165) is 28.0 Å². The lowest BCUT2D eigenvalue weighted by Crippen LogP contribution is -2.23. The number of carbonyl (C=O) groups is 1. The van der Waals surface area contributed by atoms with Gasteiger partial charge in [0.05, 0.1) is 18.1 Å². The van der Waals surface area contributed by atoms with E-state index in [2.05, 4.69) is 10.3 Å². The van der Waals surface area contributed by atoms with Gasteiger partial charge in [0.2, 0.25) is 0 Å². The maximum Gasteiger partial charge on any atom is 0.251 e. The van der Waals surface area contributed by atoms with Gasteiger partial charge in [0.15, 0.2) is 0 Å². The van der Waals surface area contributed by atoms with Crippen molar-refractivity contribution in [1.29, 1.82) is 0 Å². The number of hydrogen-bond donors (Lipinski definition) is 1. The molecule has 27 heavy (non-hydrogen) atoms. The summed E-state index contributed by atoms with van der Waals surface area (Å²) in [6.07, 6.45) is 1.77. The van der Waals surface area contributed by atoms with Gasteiger partial charge in [-0.05, 0) is 36.4 Å². The second-order valence-electron chi connectivity index (χ2n) is 6.15. The van der Waals surface area contributed by atoms with Crippen molar-refractivity contribution in [3.8, 4) is 11.4 Å². The van der Waals surface area contributed by atoms with Gasteiger partial charge in [-0.1, -0.05) is 36.4 Å². The molecule has 5 heteroatoms. The summed E-state index contributed by atoms with van der Waals surface area (Å²) in [6, 6.07) is 23.2. The average molecular weight is 357 g/mol. The molecule has 4 rings (SSSR count). The van der Waals surface area contributed by atoms with E-state index >= 15 is 0 Å². The van der Waals surface area contributed by atoms with E-state index in [1.165, 1.54) is 0 Å². The van der Waals surface area contributed by atoms with Crippen molar-refractivity contribution in [3.05, 3.63) is 90.3 Å². The van der Waals surface area contributed by atoms with Crippen LogP contribution in [0, 0.1) is 0 Å². The highest BCUT2D eigenvalue weighted by Crippen LogP contribution is 2.20. The van der Waals surface area contributed by atoms with E-state index < -0.39 is 0 Å². The quantitative estimate of drug-likeness (QED) is 0.588. The van der Waals surface area contributed by atoms with Gasteiger partial charge in [-0.25, -0.2) is 4.98 Å². The van der Waals surface area contributed by atoms with Crippen LogP contribution in [0.3, 0.4) is 0 Å². The van der Waals surface area contributed by atoms with E-state index in [9.17, 15) is 4.79 Å². The zero-order valence-electron chi connectivity index (χ0n) is 14.9. The Morgan fingerprint density at radius 2 is 1.81 bits per heavy atom. The molecule has 0 bridgehead atoms. The van der Waals surface area contributed by atoms with Crippen LogP contribution in [-0.4, -0.2) is 22.6 Å². The second-order valence-corrected chi connectivity index (χ2v) is 6.15. The van der Waals surface area contributed by atoms with Crippen molar-refractivity contribution in [1.82, 2.24) is 14.9 Å². The summed E-state index contributed by atoms with van der Waals surface area (Å²) in [5.41, 5.74) is 4.29. The molecule has 0 spiro atoms. The number of aromatic nitrogens is 2. The van der Waals surface area contributed by atoms with Crippen molar-refractivity contribution in [3.63, 3.8) is 0 Å². The Kier molecular flexibility index (Phi) is 4.58. The molecule has 0 aliphatic heterocycles. The number of rotatable bonds is 5. The Morgan fingerprint density at radius 1 is 1.04 bits per heavy atom. The summed E-state index contributed by atoms with van der Waals surface area (Å²) in [6.45, 7) is 0.402. The van der Waals surface area contributed by atoms with Gasteiger partial charge in [0.25, 0.3) is 5.91 Å². The number of methoxy groups -OCH3 is 1. The average Bonchev–Trinajstić information content (AvgIpc) is 3.16. The molecule has 0 aliphatic rings. The van der Waals surface area contributed by atoms with E-state index in [4.69, 9.17) is 4.74 Å². The third-order valence-corrected chi connectivity index (χ3v) is 4.48. The SMILES string of the molecule is COc1ccccc1CNC(=O)c1ccc2c(c1)ncn2-c1ccccc1. The number of nitrogens with zero attached hydrogens (tertiary/aromatic N) is 2. The topological polar surface area (TPSA) is 56.1 Å². The fourth-order valence-electron chi connectivity index (χ4n) is 3.07. The van der Waals surface area contributed by atoms with Crippen molar-refractivity contribution in [2.75, 3.05) is 7.11 Å². The summed E-state index contributed by atoms with van der Waals surface area (Å²) < 4.78 is 7.33. The summed E-state index contributed by atoms with van der Waals surface area (Å²) in [5.74, 6) is 0.618. The first-order chi connectivity index (χ1) is 13.3. The van der Waals surface area contributed by atoms with Crippen LogP contribution in [0.2, 0.25) is 0 Å². The minimum absolute atomic E-state index is 0.142. The van der Waals surface area contributed by atoms with Crippen LogP contribution in [-0.2, 0) is 6.54 Å². The maximum absolute atomic E-state index is 12.6. The molecule has 0 saturated carbocycles. The van der Waals surface area contributed by atoms with E-state index in [1.807, 2.05) is 77.4 Å². The molecule has 0 saturated heterocycles. The highest BCUT2D eigenvalue weighted by atomic mass is 16.5. The normalized spacial score (nSPS) is 10.7. The molecule has 3 aromatic carbocycles. The Balaban J connectivity index is 1.55. The summed E-state index contributed by atoms with van der Waals surface area (Å²) in [4.78, 5) is 17.0. The van der Waals surface area contributed by atoms with E-state index in [-0.39, 0.29) is 5.91 Å². The lowest BCUT2D eigenvalue weighted by atomic mass is 10.1. The van der Waals surface area contributed by atoms with Gasteiger partial charge < -0.3 is 10.1 Å². The Hall–Kier alpha value is -3.60. The molecule has 1 N–H and O–H groups in total. The molecule has 0 unspecified atom stereocenters. The van der Waals surface area contributed by atoms with E-state index in [1.54, 1.807) is 13.4 Å². The van der Waals surface area contributed by atoms with E-state index in [0.29, 0.717) is 12.1 Å². The van der Waals surface area contributed by atoms with Gasteiger partial charge in [0.1, 0.15) is 12.1 Å². The Labute approximate surface area is 157 Å². The van der Waals surface area contributed by atoms with Crippen molar-refractivity contribution >= 4 is 16.9 Å². The number of benzene rings is 3. The number of carbonyl (C=O) groups excluding carboxylic acids is 1. The third kappa shape index (κ3) is 3.40. The van der Waals surface area contributed by atoms with Crippen LogP contribution in [0.4, 0.5) is 0 Å². The minimum Gasteiger partial charge on any atom is -0.496 e. The molecule has 0 atom stereocenters. The molecule has 134 valence electrons. The number of hydrogen-bond acceptors (Lipinski definition) is 3. The van der Waals surface area contributed by atoms with Crippen LogP contribution in [0.25, 0.3) is 16.7 Å². The largest absolute Gasteiger partial charge is 0.496 e. The smallest absolute Gasteiger partial charge is 0.251 e. The molecule has 1 amide bonds. The molecule has 5 nitrogen and oxygen atoms in total. The van der Waals surface area contributed by atoms with Crippen LogP contribution in [0.1, 0.15) is 15.9 Å². The lowest BCUT2D eigenvalue weighted by molar-refractivity contribution is 0.0951. The monoisotopic (exact) mass is 357 g/mol.